The van der Waals surface area contributed by atoms with Gasteiger partial charge in [0, 0.05) is 22.5 Å². The zero-order valence-electron chi connectivity index (χ0n) is 28.2. The number of aromatic nitrogens is 4. The molecule has 0 radical (unpaired) electrons. The van der Waals surface area contributed by atoms with Gasteiger partial charge in [0.2, 0.25) is 0 Å². The van der Waals surface area contributed by atoms with Crippen molar-refractivity contribution < 1.29 is 25.2 Å². The summed E-state index contributed by atoms with van der Waals surface area (Å²) in [4.78, 5) is 10.2. The van der Waals surface area contributed by atoms with Crippen LogP contribution in [0, 0.1) is 26.0 Å². The summed E-state index contributed by atoms with van der Waals surface area (Å²) in [5.41, 5.74) is 12.9. The molecule has 0 aliphatic rings. The third-order valence-electron chi connectivity index (χ3n) is 10.4. The van der Waals surface area contributed by atoms with E-state index in [-0.39, 0.29) is 20.4 Å². The Labute approximate surface area is 312 Å². The van der Waals surface area contributed by atoms with Gasteiger partial charge in [0.1, 0.15) is 0 Å². The fourth-order valence-corrected chi connectivity index (χ4v) is 8.13. The number of ether oxygens (including phenoxy) is 1. The summed E-state index contributed by atoms with van der Waals surface area (Å²) in [6.45, 7) is 4.36. The number of nitrogens with zero attached hydrogens (tertiary/aromatic N) is 4. The number of benzene rings is 7. The summed E-state index contributed by atoms with van der Waals surface area (Å²) in [5, 5.41) is 6.26. The molecule has 0 saturated heterocycles. The monoisotopic (exact) mass is 758 g/mol. The van der Waals surface area contributed by atoms with Crippen molar-refractivity contribution in [3.8, 4) is 22.6 Å². The van der Waals surface area contributed by atoms with E-state index in [1.54, 1.807) is 0 Å². The predicted octanol–water partition coefficient (Wildman–Crippen LogP) is 11.6. The van der Waals surface area contributed by atoms with Crippen LogP contribution in [0.25, 0.3) is 87.8 Å². The van der Waals surface area contributed by atoms with Crippen LogP contribution >= 0.6 is 0 Å². The maximum atomic E-state index is 6.60. The summed E-state index contributed by atoms with van der Waals surface area (Å²) in [5.74, 6) is 1.20. The molecule has 0 amide bonds. The quantitative estimate of drug-likeness (QED) is 0.102. The van der Waals surface area contributed by atoms with Gasteiger partial charge in [0.15, 0.2) is 0 Å². The van der Waals surface area contributed by atoms with Crippen LogP contribution in [0.1, 0.15) is 11.1 Å². The fraction of sp³-hybridized carbons (Fsp3) is 0.0435. The molecule has 0 bridgehead atoms. The molecular formula is C46H28N4OPd. The molecule has 0 aliphatic carbocycles. The van der Waals surface area contributed by atoms with Crippen LogP contribution < -0.4 is 4.74 Å². The zero-order valence-corrected chi connectivity index (χ0v) is 29.8. The van der Waals surface area contributed by atoms with Crippen LogP contribution in [0.2, 0.25) is 0 Å². The third kappa shape index (κ3) is 4.38. The topological polar surface area (TPSA) is 43.8 Å². The van der Waals surface area contributed by atoms with E-state index in [9.17, 15) is 0 Å². The van der Waals surface area contributed by atoms with Crippen LogP contribution in [0.3, 0.4) is 0 Å². The van der Waals surface area contributed by atoms with Crippen molar-refractivity contribution in [3.63, 3.8) is 0 Å². The average molecular weight is 759 g/mol. The number of para-hydroxylation sites is 5. The van der Waals surface area contributed by atoms with E-state index in [1.807, 2.05) is 24.3 Å². The second-order valence-corrected chi connectivity index (χ2v) is 13.4. The molecule has 0 fully saturated rings. The minimum Gasteiger partial charge on any atom is -0.497 e. The Kier molecular flexibility index (Phi) is 6.79. The number of aryl methyl sites for hydroxylation is 2. The van der Waals surface area contributed by atoms with Crippen molar-refractivity contribution in [2.75, 3.05) is 0 Å². The molecule has 0 spiro atoms. The average Bonchev–Trinajstić information content (AvgIpc) is 3.75. The van der Waals surface area contributed by atoms with Crippen LogP contribution in [0.5, 0.6) is 11.5 Å². The number of hydrogen-bond acceptors (Lipinski definition) is 3. The smallest absolute Gasteiger partial charge is 0.497 e. The molecule has 4 aromatic heterocycles. The summed E-state index contributed by atoms with van der Waals surface area (Å²) in [7, 11) is 0. The minimum atomic E-state index is 0. The molecule has 0 atom stereocenters. The van der Waals surface area contributed by atoms with Crippen molar-refractivity contribution in [1.29, 1.82) is 0 Å². The molecule has 5 nitrogen and oxygen atoms in total. The molecule has 248 valence electrons. The van der Waals surface area contributed by atoms with E-state index in [0.717, 1.165) is 76.7 Å². The third-order valence-corrected chi connectivity index (χ3v) is 10.4. The predicted molar refractivity (Wildman–Crippen MR) is 208 cm³/mol. The Hall–Kier alpha value is -6.06. The largest absolute Gasteiger partial charge is 2.00 e. The first kappa shape index (κ1) is 30.7. The van der Waals surface area contributed by atoms with Gasteiger partial charge in [-0.3, -0.25) is 9.97 Å². The van der Waals surface area contributed by atoms with Gasteiger partial charge < -0.3 is 13.5 Å². The molecule has 0 unspecified atom stereocenters. The van der Waals surface area contributed by atoms with E-state index < -0.39 is 0 Å². The van der Waals surface area contributed by atoms with Crippen molar-refractivity contribution in [3.05, 3.63) is 157 Å². The minimum absolute atomic E-state index is 0. The molecule has 11 aromatic rings. The summed E-state index contributed by atoms with van der Waals surface area (Å²) in [6, 6.07) is 53.8. The first-order valence-corrected chi connectivity index (χ1v) is 17.2. The number of rotatable bonds is 3. The Morgan fingerprint density at radius 2 is 1.00 bits per heavy atom. The van der Waals surface area contributed by atoms with Crippen LogP contribution in [-0.4, -0.2) is 18.8 Å². The van der Waals surface area contributed by atoms with Gasteiger partial charge in [0.25, 0.3) is 0 Å². The van der Waals surface area contributed by atoms with Crippen molar-refractivity contribution in [1.82, 2.24) is 18.8 Å². The zero-order chi connectivity index (χ0) is 33.8. The van der Waals surface area contributed by atoms with E-state index in [1.165, 1.54) is 22.3 Å². The van der Waals surface area contributed by atoms with Gasteiger partial charge in [-0.1, -0.05) is 119 Å². The molecule has 6 heteroatoms. The number of pyridine rings is 2. The van der Waals surface area contributed by atoms with Gasteiger partial charge in [-0.05, 0) is 83.3 Å². The van der Waals surface area contributed by atoms with E-state index >= 15 is 0 Å². The van der Waals surface area contributed by atoms with E-state index in [2.05, 4.69) is 144 Å². The Balaban J connectivity index is 0.00000338. The molecule has 11 rings (SSSR count). The first-order chi connectivity index (χ1) is 25.1. The molecule has 0 aliphatic heterocycles. The molecule has 0 N–H and O–H groups in total. The van der Waals surface area contributed by atoms with Crippen LogP contribution in [-0.2, 0) is 20.4 Å². The fourth-order valence-electron chi connectivity index (χ4n) is 8.13. The molecular weight excluding hydrogens is 731 g/mol. The van der Waals surface area contributed by atoms with Crippen LogP contribution in [0.4, 0.5) is 0 Å². The van der Waals surface area contributed by atoms with Crippen molar-refractivity contribution in [2.45, 2.75) is 13.8 Å². The van der Waals surface area contributed by atoms with Crippen molar-refractivity contribution >= 4 is 76.7 Å². The Bertz CT molecular complexity index is 3250. The summed E-state index contributed by atoms with van der Waals surface area (Å²) >= 11 is 0. The maximum absolute atomic E-state index is 6.60. The summed E-state index contributed by atoms with van der Waals surface area (Å²) < 4.78 is 11.1. The van der Waals surface area contributed by atoms with Gasteiger partial charge >= 0.3 is 20.4 Å². The molecule has 7 aromatic carbocycles. The Morgan fingerprint density at radius 1 is 0.481 bits per heavy atom. The number of imidazole rings is 2. The second-order valence-electron chi connectivity index (χ2n) is 13.4. The Morgan fingerprint density at radius 3 is 1.62 bits per heavy atom. The number of hydrogen-bond donors (Lipinski definition) is 0. The van der Waals surface area contributed by atoms with E-state index in [4.69, 9.17) is 14.7 Å². The van der Waals surface area contributed by atoms with Crippen LogP contribution in [0.15, 0.2) is 133 Å². The van der Waals surface area contributed by atoms with Crippen molar-refractivity contribution in [2.24, 2.45) is 0 Å². The molecule has 4 heterocycles. The summed E-state index contributed by atoms with van der Waals surface area (Å²) in [6.07, 6.45) is 0. The van der Waals surface area contributed by atoms with Gasteiger partial charge in [-0.25, -0.2) is 0 Å². The SMILES string of the molecule is Cc1cccc(C)c1-c1ccc2c(c1)c1ccc(Oc3[c-]c4c(cc3)c3ccccc3n3c5ccccc5nc43)[c-]c1c1nc3ccccc3n21.[Pd+2]. The van der Waals surface area contributed by atoms with E-state index in [0.29, 0.717) is 11.5 Å². The second kappa shape index (κ2) is 11.5. The normalized spacial score (nSPS) is 11.9. The molecule has 0 saturated carbocycles. The van der Waals surface area contributed by atoms with Gasteiger partial charge in [-0.15, -0.1) is 12.1 Å². The maximum Gasteiger partial charge on any atom is 2.00 e. The molecule has 52 heavy (non-hydrogen) atoms. The van der Waals surface area contributed by atoms with Gasteiger partial charge in [0.05, 0.1) is 33.4 Å². The standard InChI is InChI=1S/C46H28N4O.Pd/c1-27-10-9-11-28(2)44(27)29-18-23-41-35(24-29)33-22-20-31(26-37(33)46-48-39-14-5-8-17-43(39)50(41)46)51-30-19-21-32-34-12-3-6-15-40(34)49-42-16-7-4-13-38(42)47-45(49)36(32)25-30;/h3-24H,1-2H3;/q-2;+2. The number of fused-ring (bicyclic) bond motifs is 16. The van der Waals surface area contributed by atoms with Gasteiger partial charge in [-0.2, -0.15) is 0 Å². The first-order valence-electron chi connectivity index (χ1n) is 17.2.